The van der Waals surface area contributed by atoms with Crippen LogP contribution in [0, 0.1) is 0 Å². The molecule has 1 aromatic heterocycles. The molecule has 0 amide bonds. The molecule has 0 fully saturated rings. The third kappa shape index (κ3) is 2.48. The molecule has 1 aromatic rings. The van der Waals surface area contributed by atoms with Gasteiger partial charge in [-0.3, -0.25) is 0 Å². The average Bonchev–Trinajstić information content (AvgIpc) is 2.36. The highest BCUT2D eigenvalue weighted by atomic mass is 16.5. The number of fused-ring (bicyclic) bond motifs is 1. The van der Waals surface area contributed by atoms with Gasteiger partial charge < -0.3 is 10.1 Å². The second kappa shape index (κ2) is 5.10. The van der Waals surface area contributed by atoms with E-state index in [0.717, 1.165) is 25.3 Å². The minimum atomic E-state index is -0.0346. The van der Waals surface area contributed by atoms with Gasteiger partial charge in [-0.05, 0) is 12.8 Å². The summed E-state index contributed by atoms with van der Waals surface area (Å²) in [6.07, 6.45) is 0.953. The highest BCUT2D eigenvalue weighted by Gasteiger charge is 2.20. The van der Waals surface area contributed by atoms with Crippen molar-refractivity contribution in [2.24, 2.45) is 0 Å². The summed E-state index contributed by atoms with van der Waals surface area (Å²) in [5.74, 6) is 1.24. The number of nitrogens with one attached hydrogen (secondary N) is 1. The lowest BCUT2D eigenvalue weighted by Gasteiger charge is -2.22. The van der Waals surface area contributed by atoms with Crippen LogP contribution in [0.5, 0.6) is 0 Å². The summed E-state index contributed by atoms with van der Waals surface area (Å²) >= 11 is 0. The van der Waals surface area contributed by atoms with Gasteiger partial charge in [0.05, 0.1) is 11.4 Å². The summed E-state index contributed by atoms with van der Waals surface area (Å²) in [5.41, 5.74) is 3.65. The molecule has 2 heterocycles. The largest absolute Gasteiger partial charge is 0.374 e. The first-order valence-corrected chi connectivity index (χ1v) is 6.26. The fraction of sp³-hybridized carbons (Fsp3) is 0.692. The molecule has 0 aliphatic carbocycles. The summed E-state index contributed by atoms with van der Waals surface area (Å²) in [4.78, 5) is 9.33. The van der Waals surface area contributed by atoms with Gasteiger partial charge in [-0.1, -0.05) is 13.8 Å². The minimum absolute atomic E-state index is 0.0346. The molecule has 1 unspecified atom stereocenters. The standard InChI is InChI=1S/C13H21N3O/c1-8(2)12-10-7-14-6-5-11(10)15-13(16-12)9(3)17-4/h8-9,14H,5-7H2,1-4H3. The number of rotatable bonds is 3. The molecule has 0 radical (unpaired) electrons. The van der Waals surface area contributed by atoms with E-state index in [0.29, 0.717) is 5.92 Å². The monoisotopic (exact) mass is 235 g/mol. The van der Waals surface area contributed by atoms with Crippen LogP contribution in [0.1, 0.15) is 55.6 Å². The summed E-state index contributed by atoms with van der Waals surface area (Å²) < 4.78 is 5.32. The van der Waals surface area contributed by atoms with Crippen LogP contribution >= 0.6 is 0 Å². The second-order valence-electron chi connectivity index (χ2n) is 4.85. The van der Waals surface area contributed by atoms with Crippen LogP contribution in [-0.4, -0.2) is 23.6 Å². The highest BCUT2D eigenvalue weighted by molar-refractivity contribution is 5.30. The van der Waals surface area contributed by atoms with Gasteiger partial charge in [0, 0.05) is 32.2 Å². The number of nitrogens with zero attached hydrogens (tertiary/aromatic N) is 2. The van der Waals surface area contributed by atoms with Crippen molar-refractivity contribution in [3.63, 3.8) is 0 Å². The van der Waals surface area contributed by atoms with E-state index in [-0.39, 0.29) is 6.10 Å². The second-order valence-corrected chi connectivity index (χ2v) is 4.85. The van der Waals surface area contributed by atoms with E-state index in [1.807, 2.05) is 6.92 Å². The van der Waals surface area contributed by atoms with Gasteiger partial charge in [-0.2, -0.15) is 0 Å². The Morgan fingerprint density at radius 3 is 2.65 bits per heavy atom. The zero-order valence-electron chi connectivity index (χ0n) is 11.1. The Morgan fingerprint density at radius 1 is 1.24 bits per heavy atom. The molecular formula is C13H21N3O. The first kappa shape index (κ1) is 12.5. The van der Waals surface area contributed by atoms with Crippen molar-refractivity contribution in [1.29, 1.82) is 0 Å². The smallest absolute Gasteiger partial charge is 0.157 e. The summed E-state index contributed by atoms with van der Waals surface area (Å²) in [6.45, 7) is 8.25. The molecule has 1 atom stereocenters. The molecule has 0 aromatic carbocycles. The van der Waals surface area contributed by atoms with E-state index in [1.54, 1.807) is 7.11 Å². The molecule has 1 N–H and O–H groups in total. The molecule has 0 saturated carbocycles. The Balaban J connectivity index is 2.48. The van der Waals surface area contributed by atoms with Gasteiger partial charge in [-0.15, -0.1) is 0 Å². The summed E-state index contributed by atoms with van der Waals surface area (Å²) in [7, 11) is 1.70. The SMILES string of the molecule is COC(C)c1nc2c(c(C(C)C)n1)CNCC2. The quantitative estimate of drug-likeness (QED) is 0.870. The number of methoxy groups -OCH3 is 1. The Hall–Kier alpha value is -1.00. The van der Waals surface area contributed by atoms with Crippen LogP contribution in [0.15, 0.2) is 0 Å². The molecule has 0 spiro atoms. The molecule has 2 rings (SSSR count). The zero-order chi connectivity index (χ0) is 12.4. The molecule has 0 bridgehead atoms. The van der Waals surface area contributed by atoms with Crippen LogP contribution in [0.3, 0.4) is 0 Å². The van der Waals surface area contributed by atoms with Crippen LogP contribution in [0.4, 0.5) is 0 Å². The maximum Gasteiger partial charge on any atom is 0.157 e. The van der Waals surface area contributed by atoms with Crippen LogP contribution < -0.4 is 5.32 Å². The van der Waals surface area contributed by atoms with Crippen LogP contribution in [-0.2, 0) is 17.7 Å². The zero-order valence-corrected chi connectivity index (χ0v) is 11.1. The van der Waals surface area contributed by atoms with E-state index in [2.05, 4.69) is 29.1 Å². The molecule has 1 aliphatic rings. The van der Waals surface area contributed by atoms with E-state index in [4.69, 9.17) is 4.74 Å². The van der Waals surface area contributed by atoms with E-state index >= 15 is 0 Å². The van der Waals surface area contributed by atoms with Crippen molar-refractivity contribution in [2.45, 2.75) is 45.8 Å². The van der Waals surface area contributed by atoms with Crippen molar-refractivity contribution in [1.82, 2.24) is 15.3 Å². The maximum atomic E-state index is 5.32. The Bertz CT molecular complexity index is 404. The van der Waals surface area contributed by atoms with Gasteiger partial charge in [0.25, 0.3) is 0 Å². The van der Waals surface area contributed by atoms with Crippen molar-refractivity contribution in [2.75, 3.05) is 13.7 Å². The number of hydrogen-bond acceptors (Lipinski definition) is 4. The normalized spacial score (nSPS) is 17.0. The first-order valence-electron chi connectivity index (χ1n) is 6.26. The Labute approximate surface area is 103 Å². The van der Waals surface area contributed by atoms with E-state index in [1.165, 1.54) is 17.0 Å². The van der Waals surface area contributed by atoms with E-state index < -0.39 is 0 Å². The lowest BCUT2D eigenvalue weighted by Crippen LogP contribution is -2.28. The van der Waals surface area contributed by atoms with Crippen molar-refractivity contribution in [3.8, 4) is 0 Å². The Kier molecular flexibility index (Phi) is 3.74. The highest BCUT2D eigenvalue weighted by Crippen LogP contribution is 2.24. The fourth-order valence-corrected chi connectivity index (χ4v) is 2.15. The van der Waals surface area contributed by atoms with Crippen LogP contribution in [0.2, 0.25) is 0 Å². The van der Waals surface area contributed by atoms with Crippen molar-refractivity contribution >= 4 is 0 Å². The minimum Gasteiger partial charge on any atom is -0.374 e. The number of aromatic nitrogens is 2. The molecule has 0 saturated heterocycles. The van der Waals surface area contributed by atoms with Crippen molar-refractivity contribution in [3.05, 3.63) is 22.8 Å². The number of ether oxygens (including phenoxy) is 1. The van der Waals surface area contributed by atoms with Gasteiger partial charge in [0.15, 0.2) is 5.82 Å². The van der Waals surface area contributed by atoms with Crippen molar-refractivity contribution < 1.29 is 4.74 Å². The van der Waals surface area contributed by atoms with Gasteiger partial charge >= 0.3 is 0 Å². The average molecular weight is 235 g/mol. The molecule has 94 valence electrons. The third-order valence-corrected chi connectivity index (χ3v) is 3.25. The Morgan fingerprint density at radius 2 is 2.00 bits per heavy atom. The third-order valence-electron chi connectivity index (χ3n) is 3.25. The van der Waals surface area contributed by atoms with Gasteiger partial charge in [0.1, 0.15) is 6.10 Å². The molecule has 1 aliphatic heterocycles. The summed E-state index contributed by atoms with van der Waals surface area (Å²) in [5, 5.41) is 3.39. The molecular weight excluding hydrogens is 214 g/mol. The maximum absolute atomic E-state index is 5.32. The predicted octanol–water partition coefficient (Wildman–Crippen LogP) is 1.95. The first-order chi connectivity index (χ1) is 8.13. The van der Waals surface area contributed by atoms with Crippen LogP contribution in [0.25, 0.3) is 0 Å². The topological polar surface area (TPSA) is 47.0 Å². The van der Waals surface area contributed by atoms with E-state index in [9.17, 15) is 0 Å². The predicted molar refractivity (Wildman–Crippen MR) is 67.0 cm³/mol. The molecule has 17 heavy (non-hydrogen) atoms. The fourth-order valence-electron chi connectivity index (χ4n) is 2.15. The number of hydrogen-bond donors (Lipinski definition) is 1. The summed E-state index contributed by atoms with van der Waals surface area (Å²) in [6, 6.07) is 0. The lowest BCUT2D eigenvalue weighted by atomic mass is 9.98. The molecule has 4 heteroatoms. The van der Waals surface area contributed by atoms with Gasteiger partial charge in [-0.25, -0.2) is 9.97 Å². The lowest BCUT2D eigenvalue weighted by molar-refractivity contribution is 0.111. The van der Waals surface area contributed by atoms with Gasteiger partial charge in [0.2, 0.25) is 0 Å². The molecule has 4 nitrogen and oxygen atoms in total.